The third-order valence-electron chi connectivity index (χ3n) is 6.09. The van der Waals surface area contributed by atoms with Gasteiger partial charge in [-0.25, -0.2) is 14.8 Å². The largest absolute Gasteiger partial charge is 0.480 e. The zero-order valence-corrected chi connectivity index (χ0v) is 21.8. The highest BCUT2D eigenvalue weighted by molar-refractivity contribution is 5.94. The van der Waals surface area contributed by atoms with E-state index in [1.54, 1.807) is 44.3 Å². The molecule has 0 fully saturated rings. The van der Waals surface area contributed by atoms with Crippen molar-refractivity contribution in [2.75, 3.05) is 0 Å². The summed E-state index contributed by atoms with van der Waals surface area (Å²) in [5, 5.41) is 17.6. The van der Waals surface area contributed by atoms with E-state index in [2.05, 4.69) is 35.9 Å². The number of imidazole rings is 2. The van der Waals surface area contributed by atoms with Crippen molar-refractivity contribution in [3.05, 3.63) is 72.3 Å². The summed E-state index contributed by atoms with van der Waals surface area (Å²) in [6, 6.07) is 4.59. The van der Waals surface area contributed by atoms with Gasteiger partial charge in [0, 0.05) is 43.0 Å². The van der Waals surface area contributed by atoms with E-state index in [9.17, 15) is 24.3 Å². The van der Waals surface area contributed by atoms with Gasteiger partial charge in [0.2, 0.25) is 17.7 Å². The number of H-pyrrole nitrogens is 2. The van der Waals surface area contributed by atoms with Crippen LogP contribution in [0.1, 0.15) is 30.8 Å². The summed E-state index contributed by atoms with van der Waals surface area (Å²) < 4.78 is 0. The first-order valence-electron chi connectivity index (χ1n) is 12.5. The van der Waals surface area contributed by atoms with Crippen molar-refractivity contribution < 1.29 is 24.3 Å². The summed E-state index contributed by atoms with van der Waals surface area (Å²) in [6.07, 6.45) is 6.24. The predicted molar refractivity (Wildman–Crippen MR) is 141 cm³/mol. The smallest absolute Gasteiger partial charge is 0.326 e. The molecule has 39 heavy (non-hydrogen) atoms. The van der Waals surface area contributed by atoms with Crippen LogP contribution in [-0.2, 0) is 38.4 Å². The highest BCUT2D eigenvalue weighted by atomic mass is 16.4. The molecule has 0 bridgehead atoms. The Morgan fingerprint density at radius 2 is 1.41 bits per heavy atom. The van der Waals surface area contributed by atoms with E-state index < -0.39 is 47.9 Å². The van der Waals surface area contributed by atoms with E-state index in [4.69, 9.17) is 5.73 Å². The molecule has 3 rings (SSSR count). The van der Waals surface area contributed by atoms with Crippen molar-refractivity contribution in [3.63, 3.8) is 0 Å². The van der Waals surface area contributed by atoms with Gasteiger partial charge in [-0.15, -0.1) is 0 Å². The maximum Gasteiger partial charge on any atom is 0.326 e. The van der Waals surface area contributed by atoms with Crippen LogP contribution in [0.15, 0.2) is 55.4 Å². The fourth-order valence-corrected chi connectivity index (χ4v) is 3.93. The number of carbonyl (C=O) groups is 4. The van der Waals surface area contributed by atoms with Crippen molar-refractivity contribution in [1.82, 2.24) is 35.9 Å². The molecule has 13 nitrogen and oxygen atoms in total. The molecule has 208 valence electrons. The van der Waals surface area contributed by atoms with Crippen LogP contribution in [0.25, 0.3) is 0 Å². The number of nitrogens with zero attached hydrogens (tertiary/aromatic N) is 2. The van der Waals surface area contributed by atoms with Crippen LogP contribution in [0.2, 0.25) is 0 Å². The molecular formula is C26H34N8O5. The van der Waals surface area contributed by atoms with E-state index in [1.807, 2.05) is 6.07 Å². The van der Waals surface area contributed by atoms with Gasteiger partial charge in [-0.3, -0.25) is 14.4 Å². The Hall–Kier alpha value is -4.52. The molecule has 4 atom stereocenters. The monoisotopic (exact) mass is 538 g/mol. The van der Waals surface area contributed by atoms with Crippen LogP contribution in [0.4, 0.5) is 0 Å². The van der Waals surface area contributed by atoms with Gasteiger partial charge in [-0.05, 0) is 11.5 Å². The fourth-order valence-electron chi connectivity index (χ4n) is 3.93. The maximum atomic E-state index is 13.3. The predicted octanol–water partition coefficient (Wildman–Crippen LogP) is -0.317. The lowest BCUT2D eigenvalue weighted by Crippen LogP contribution is -2.59. The molecule has 2 aromatic heterocycles. The lowest BCUT2D eigenvalue weighted by molar-refractivity contribution is -0.142. The van der Waals surface area contributed by atoms with Crippen molar-refractivity contribution in [3.8, 4) is 0 Å². The average molecular weight is 539 g/mol. The molecule has 0 aliphatic heterocycles. The van der Waals surface area contributed by atoms with Crippen molar-refractivity contribution in [2.24, 2.45) is 11.7 Å². The minimum Gasteiger partial charge on any atom is -0.480 e. The van der Waals surface area contributed by atoms with E-state index in [1.165, 1.54) is 18.9 Å². The van der Waals surface area contributed by atoms with Gasteiger partial charge >= 0.3 is 5.97 Å². The molecule has 0 saturated heterocycles. The van der Waals surface area contributed by atoms with Crippen molar-refractivity contribution in [2.45, 2.75) is 57.3 Å². The molecule has 0 saturated carbocycles. The molecule has 13 heteroatoms. The Balaban J connectivity index is 1.71. The number of carbonyl (C=O) groups excluding carboxylic acids is 3. The first-order chi connectivity index (χ1) is 18.6. The Morgan fingerprint density at radius 3 is 1.95 bits per heavy atom. The van der Waals surface area contributed by atoms with Gasteiger partial charge in [0.05, 0.1) is 18.7 Å². The number of hydrogen-bond acceptors (Lipinski definition) is 7. The molecule has 8 N–H and O–H groups in total. The number of benzene rings is 1. The Kier molecular flexibility index (Phi) is 10.3. The van der Waals surface area contributed by atoms with E-state index in [-0.39, 0.29) is 25.2 Å². The molecule has 1 aromatic carbocycles. The standard InChI is InChI=1S/C26H34N8O5/c1-15(2)22(34-23(35)19(27)9-17-11-28-13-30-17)25(37)32-20(10-18-12-29-14-31-18)24(36)33-21(26(38)39)8-16-6-4-3-5-7-16/h3-7,11-15,19-22H,8-10,27H2,1-2H3,(H,28,30)(H,29,31)(H,32,37)(H,33,36)(H,34,35)(H,38,39). The highest BCUT2D eigenvalue weighted by Gasteiger charge is 2.32. The summed E-state index contributed by atoms with van der Waals surface area (Å²) in [4.78, 5) is 64.8. The third kappa shape index (κ3) is 8.78. The zero-order chi connectivity index (χ0) is 28.4. The molecule has 0 spiro atoms. The second kappa shape index (κ2) is 13.9. The number of carboxylic acids is 1. The number of nitrogens with two attached hydrogens (primary N) is 1. The molecule has 0 aliphatic rings. The lowest BCUT2D eigenvalue weighted by atomic mass is 10.0. The van der Waals surface area contributed by atoms with Crippen molar-refractivity contribution >= 4 is 23.7 Å². The van der Waals surface area contributed by atoms with Gasteiger partial charge in [0.15, 0.2) is 0 Å². The van der Waals surface area contributed by atoms with Crippen LogP contribution >= 0.6 is 0 Å². The van der Waals surface area contributed by atoms with E-state index in [0.29, 0.717) is 11.4 Å². The number of carboxylic acid groups (broad SMARTS) is 1. The van der Waals surface area contributed by atoms with Gasteiger partial charge < -0.3 is 36.8 Å². The van der Waals surface area contributed by atoms with Crippen molar-refractivity contribution in [1.29, 1.82) is 0 Å². The number of hydrogen-bond donors (Lipinski definition) is 7. The topological polar surface area (TPSA) is 208 Å². The second-order valence-corrected chi connectivity index (χ2v) is 9.55. The number of aromatic nitrogens is 4. The molecule has 3 aromatic rings. The minimum atomic E-state index is -1.22. The first-order valence-corrected chi connectivity index (χ1v) is 12.5. The van der Waals surface area contributed by atoms with Gasteiger partial charge in [0.1, 0.15) is 18.1 Å². The molecule has 2 heterocycles. The van der Waals surface area contributed by atoms with E-state index in [0.717, 1.165) is 5.56 Å². The summed E-state index contributed by atoms with van der Waals surface area (Å²) in [5.74, 6) is -3.39. The van der Waals surface area contributed by atoms with Gasteiger partial charge in [0.25, 0.3) is 0 Å². The average Bonchev–Trinajstić information content (AvgIpc) is 3.61. The normalized spacial score (nSPS) is 14.2. The maximum absolute atomic E-state index is 13.3. The van der Waals surface area contributed by atoms with Crippen LogP contribution in [0.3, 0.4) is 0 Å². The summed E-state index contributed by atoms with van der Waals surface area (Å²) in [6.45, 7) is 3.49. The van der Waals surface area contributed by atoms with Crippen LogP contribution in [0, 0.1) is 5.92 Å². The molecule has 0 aliphatic carbocycles. The molecule has 3 amide bonds. The number of rotatable bonds is 14. The number of aromatic amines is 2. The molecule has 4 unspecified atom stereocenters. The summed E-state index contributed by atoms with van der Waals surface area (Å²) in [7, 11) is 0. The Bertz CT molecular complexity index is 1210. The Morgan fingerprint density at radius 1 is 0.821 bits per heavy atom. The fraction of sp³-hybridized carbons (Fsp3) is 0.385. The number of amides is 3. The van der Waals surface area contributed by atoms with Crippen LogP contribution in [-0.4, -0.2) is 72.9 Å². The molecule has 0 radical (unpaired) electrons. The van der Waals surface area contributed by atoms with Crippen LogP contribution in [0.5, 0.6) is 0 Å². The molecular weight excluding hydrogens is 504 g/mol. The zero-order valence-electron chi connectivity index (χ0n) is 21.8. The number of aliphatic carboxylic acids is 1. The summed E-state index contributed by atoms with van der Waals surface area (Å²) in [5.41, 5.74) is 7.97. The highest BCUT2D eigenvalue weighted by Crippen LogP contribution is 2.08. The van der Waals surface area contributed by atoms with Gasteiger partial charge in [-0.1, -0.05) is 44.2 Å². The first kappa shape index (κ1) is 29.0. The van der Waals surface area contributed by atoms with Gasteiger partial charge in [-0.2, -0.15) is 0 Å². The second-order valence-electron chi connectivity index (χ2n) is 9.55. The minimum absolute atomic E-state index is 0.0212. The lowest BCUT2D eigenvalue weighted by Gasteiger charge is -2.27. The number of nitrogens with one attached hydrogen (secondary N) is 5. The van der Waals surface area contributed by atoms with E-state index >= 15 is 0 Å². The SMILES string of the molecule is CC(C)C(NC(=O)C(N)Cc1cnc[nH]1)C(=O)NC(Cc1cnc[nH]1)C(=O)NC(Cc1ccccc1)C(=O)O. The summed E-state index contributed by atoms with van der Waals surface area (Å²) >= 11 is 0. The van der Waals surface area contributed by atoms with Crippen LogP contribution < -0.4 is 21.7 Å². The third-order valence-corrected chi connectivity index (χ3v) is 6.09. The quantitative estimate of drug-likeness (QED) is 0.144. The Labute approximate surface area is 225 Å².